The molecule has 0 saturated carbocycles. The fourth-order valence-electron chi connectivity index (χ4n) is 1.86. The van der Waals surface area contributed by atoms with Crippen molar-refractivity contribution >= 4 is 28.5 Å². The summed E-state index contributed by atoms with van der Waals surface area (Å²) in [5.74, 6) is -0.00875. The van der Waals surface area contributed by atoms with E-state index in [1.807, 2.05) is 0 Å². The summed E-state index contributed by atoms with van der Waals surface area (Å²) in [5.41, 5.74) is 0.671. The summed E-state index contributed by atoms with van der Waals surface area (Å²) in [7, 11) is 0. The molecule has 0 aromatic carbocycles. The first-order valence-electron chi connectivity index (χ1n) is 5.25. The third-order valence-electron chi connectivity index (χ3n) is 2.69. The molecule has 4 nitrogen and oxygen atoms in total. The highest BCUT2D eigenvalue weighted by atomic mass is 127. The van der Waals surface area contributed by atoms with Crippen LogP contribution in [-0.2, 0) is 0 Å². The van der Waals surface area contributed by atoms with Gasteiger partial charge in [0.15, 0.2) is 0 Å². The van der Waals surface area contributed by atoms with Crippen LogP contribution in [0.1, 0.15) is 23.2 Å². The van der Waals surface area contributed by atoms with E-state index < -0.39 is 0 Å². The van der Waals surface area contributed by atoms with E-state index in [0.717, 1.165) is 23.0 Å². The monoisotopic (exact) mass is 332 g/mol. The number of nitrogens with zero attached hydrogens (tertiary/aromatic N) is 2. The SMILES string of the molecule is O=C(c1ccncc1I)N1CCCC(O)C1. The van der Waals surface area contributed by atoms with Crippen LogP contribution in [0, 0.1) is 3.57 Å². The number of rotatable bonds is 1. The van der Waals surface area contributed by atoms with Crippen LogP contribution in [0.3, 0.4) is 0 Å². The zero-order chi connectivity index (χ0) is 11.5. The number of likely N-dealkylation sites (tertiary alicyclic amines) is 1. The second kappa shape index (κ2) is 5.09. The lowest BCUT2D eigenvalue weighted by atomic mass is 10.1. The number of piperidine rings is 1. The normalized spacial score (nSPS) is 20.9. The summed E-state index contributed by atoms with van der Waals surface area (Å²) in [5, 5.41) is 9.54. The highest BCUT2D eigenvalue weighted by molar-refractivity contribution is 14.1. The molecule has 2 rings (SSSR count). The second-order valence-corrected chi connectivity index (χ2v) is 5.06. The van der Waals surface area contributed by atoms with Gasteiger partial charge in [0.05, 0.1) is 11.7 Å². The van der Waals surface area contributed by atoms with E-state index in [1.165, 1.54) is 0 Å². The first-order valence-corrected chi connectivity index (χ1v) is 6.33. The van der Waals surface area contributed by atoms with Crippen molar-refractivity contribution in [2.45, 2.75) is 18.9 Å². The van der Waals surface area contributed by atoms with Crippen LogP contribution in [0.5, 0.6) is 0 Å². The fraction of sp³-hybridized carbons (Fsp3) is 0.455. The van der Waals surface area contributed by atoms with Crippen LogP contribution in [0.2, 0.25) is 0 Å². The maximum Gasteiger partial charge on any atom is 0.255 e. The minimum absolute atomic E-state index is 0.00875. The molecule has 1 aliphatic heterocycles. The van der Waals surface area contributed by atoms with Gasteiger partial charge in [-0.2, -0.15) is 0 Å². The molecule has 0 spiro atoms. The van der Waals surface area contributed by atoms with Crippen molar-refractivity contribution in [2.24, 2.45) is 0 Å². The van der Waals surface area contributed by atoms with Crippen LogP contribution in [-0.4, -0.2) is 40.1 Å². The Morgan fingerprint density at radius 2 is 2.44 bits per heavy atom. The average Bonchev–Trinajstić information content (AvgIpc) is 2.29. The number of carbonyl (C=O) groups is 1. The number of hydrogen-bond acceptors (Lipinski definition) is 3. The quantitative estimate of drug-likeness (QED) is 0.789. The Kier molecular flexibility index (Phi) is 3.75. The van der Waals surface area contributed by atoms with Crippen molar-refractivity contribution in [1.29, 1.82) is 0 Å². The van der Waals surface area contributed by atoms with Gasteiger partial charge in [0.2, 0.25) is 0 Å². The van der Waals surface area contributed by atoms with E-state index in [0.29, 0.717) is 12.1 Å². The van der Waals surface area contributed by atoms with Crippen molar-refractivity contribution in [3.63, 3.8) is 0 Å². The third kappa shape index (κ3) is 2.52. The van der Waals surface area contributed by atoms with Gasteiger partial charge in [0.1, 0.15) is 0 Å². The summed E-state index contributed by atoms with van der Waals surface area (Å²) in [6.45, 7) is 1.17. The molecule has 86 valence electrons. The molecule has 0 aliphatic carbocycles. The first-order chi connectivity index (χ1) is 7.68. The lowest BCUT2D eigenvalue weighted by Crippen LogP contribution is -2.42. The largest absolute Gasteiger partial charge is 0.391 e. The molecule has 0 radical (unpaired) electrons. The van der Waals surface area contributed by atoms with Crippen LogP contribution >= 0.6 is 22.6 Å². The van der Waals surface area contributed by atoms with Gasteiger partial charge in [0.25, 0.3) is 5.91 Å². The molecular weight excluding hydrogens is 319 g/mol. The Labute approximate surface area is 108 Å². The molecule has 0 bridgehead atoms. The molecule has 1 aromatic rings. The Bertz CT molecular complexity index is 397. The van der Waals surface area contributed by atoms with Crippen molar-refractivity contribution in [3.8, 4) is 0 Å². The highest BCUT2D eigenvalue weighted by Crippen LogP contribution is 2.16. The van der Waals surface area contributed by atoms with Gasteiger partial charge in [-0.3, -0.25) is 9.78 Å². The molecule has 1 atom stereocenters. The molecule has 2 heterocycles. The summed E-state index contributed by atoms with van der Waals surface area (Å²) < 4.78 is 0.852. The van der Waals surface area contributed by atoms with Gasteiger partial charge in [-0.1, -0.05) is 0 Å². The Balaban J connectivity index is 2.16. The Morgan fingerprint density at radius 3 is 3.12 bits per heavy atom. The van der Waals surface area contributed by atoms with Crippen LogP contribution in [0.4, 0.5) is 0 Å². The van der Waals surface area contributed by atoms with Crippen LogP contribution < -0.4 is 0 Å². The summed E-state index contributed by atoms with van der Waals surface area (Å²) in [6.07, 6.45) is 4.58. The van der Waals surface area contributed by atoms with Crippen molar-refractivity contribution < 1.29 is 9.90 Å². The van der Waals surface area contributed by atoms with E-state index in [2.05, 4.69) is 27.6 Å². The van der Waals surface area contributed by atoms with Crippen LogP contribution in [0.15, 0.2) is 18.5 Å². The number of halogens is 1. The molecule has 1 unspecified atom stereocenters. The predicted molar refractivity (Wildman–Crippen MR) is 68.1 cm³/mol. The molecule has 1 saturated heterocycles. The zero-order valence-corrected chi connectivity index (χ0v) is 10.9. The fourth-order valence-corrected chi connectivity index (χ4v) is 2.43. The van der Waals surface area contributed by atoms with Gasteiger partial charge in [-0.25, -0.2) is 0 Å². The maximum absolute atomic E-state index is 12.1. The number of aliphatic hydroxyl groups excluding tert-OH is 1. The minimum Gasteiger partial charge on any atom is -0.391 e. The number of hydrogen-bond donors (Lipinski definition) is 1. The minimum atomic E-state index is -0.378. The average molecular weight is 332 g/mol. The van der Waals surface area contributed by atoms with E-state index in [1.54, 1.807) is 23.4 Å². The van der Waals surface area contributed by atoms with Crippen molar-refractivity contribution in [3.05, 3.63) is 27.6 Å². The highest BCUT2D eigenvalue weighted by Gasteiger charge is 2.24. The topological polar surface area (TPSA) is 53.4 Å². The molecular formula is C11H13IN2O2. The van der Waals surface area contributed by atoms with Gasteiger partial charge in [-0.05, 0) is 41.5 Å². The lowest BCUT2D eigenvalue weighted by molar-refractivity contribution is 0.0473. The number of amides is 1. The van der Waals surface area contributed by atoms with E-state index >= 15 is 0 Å². The molecule has 5 heteroatoms. The summed E-state index contributed by atoms with van der Waals surface area (Å²) in [4.78, 5) is 17.8. The van der Waals surface area contributed by atoms with Crippen molar-refractivity contribution in [1.82, 2.24) is 9.88 Å². The number of pyridine rings is 1. The van der Waals surface area contributed by atoms with Gasteiger partial charge in [-0.15, -0.1) is 0 Å². The third-order valence-corrected chi connectivity index (χ3v) is 3.55. The second-order valence-electron chi connectivity index (χ2n) is 3.90. The summed E-state index contributed by atoms with van der Waals surface area (Å²) >= 11 is 2.10. The van der Waals surface area contributed by atoms with E-state index in [4.69, 9.17) is 0 Å². The number of β-amino-alcohol motifs (C(OH)–C–C–N with tert-alkyl or cyclic N) is 1. The lowest BCUT2D eigenvalue weighted by Gasteiger charge is -2.30. The van der Waals surface area contributed by atoms with E-state index in [-0.39, 0.29) is 12.0 Å². The smallest absolute Gasteiger partial charge is 0.255 e. The molecule has 1 N–H and O–H groups in total. The number of aromatic nitrogens is 1. The molecule has 1 fully saturated rings. The molecule has 1 amide bonds. The first kappa shape index (κ1) is 11.8. The predicted octanol–water partition coefficient (Wildman–Crippen LogP) is 1.28. The Morgan fingerprint density at radius 1 is 1.62 bits per heavy atom. The van der Waals surface area contributed by atoms with Crippen LogP contribution in [0.25, 0.3) is 0 Å². The van der Waals surface area contributed by atoms with Gasteiger partial charge >= 0.3 is 0 Å². The number of aliphatic hydroxyl groups is 1. The number of carbonyl (C=O) groups excluding carboxylic acids is 1. The molecule has 1 aliphatic rings. The zero-order valence-electron chi connectivity index (χ0n) is 8.77. The molecule has 16 heavy (non-hydrogen) atoms. The molecule has 1 aromatic heterocycles. The summed E-state index contributed by atoms with van der Waals surface area (Å²) in [6, 6.07) is 1.73. The maximum atomic E-state index is 12.1. The van der Waals surface area contributed by atoms with Gasteiger partial charge < -0.3 is 10.0 Å². The standard InChI is InChI=1S/C11H13IN2O2/c12-10-6-13-4-3-9(10)11(16)14-5-1-2-8(15)7-14/h3-4,6,8,15H,1-2,5,7H2. The van der Waals surface area contributed by atoms with Crippen molar-refractivity contribution in [2.75, 3.05) is 13.1 Å². The van der Waals surface area contributed by atoms with E-state index in [9.17, 15) is 9.90 Å². The Hall–Kier alpha value is -0.690. The van der Waals surface area contributed by atoms with Gasteiger partial charge in [0, 0.05) is 29.1 Å².